The van der Waals surface area contributed by atoms with E-state index in [1.807, 2.05) is 18.2 Å². The molecule has 0 amide bonds. The summed E-state index contributed by atoms with van der Waals surface area (Å²) in [4.78, 5) is 0. The van der Waals surface area contributed by atoms with Crippen molar-refractivity contribution in [1.29, 1.82) is 0 Å². The molecule has 0 radical (unpaired) electrons. The highest BCUT2D eigenvalue weighted by Crippen LogP contribution is 2.04. The first kappa shape index (κ1) is 9.57. The Morgan fingerprint density at radius 1 is 1.20 bits per heavy atom. The third-order valence-electron chi connectivity index (χ3n) is 1.08. The average molecular weight is 157 g/mol. The standard InChI is InChI=1S/C7H10NP.H2O/c8-6-9-7-4-2-1-3-5-7;/h1-5,9H,6,8H2;1H2. The average Bonchev–Trinajstić information content (AvgIpc) is 1.91. The minimum atomic E-state index is 0. The zero-order chi connectivity index (χ0) is 6.53. The summed E-state index contributed by atoms with van der Waals surface area (Å²) in [7, 11) is 0.765. The van der Waals surface area contributed by atoms with Crippen molar-refractivity contribution in [2.24, 2.45) is 5.73 Å². The lowest BCUT2D eigenvalue weighted by molar-refractivity contribution is 0.824. The Labute approximate surface area is 62.5 Å². The molecule has 0 aliphatic rings. The Balaban J connectivity index is 0.000000810. The molecule has 3 heteroatoms. The van der Waals surface area contributed by atoms with E-state index in [1.165, 1.54) is 5.30 Å². The Kier molecular flexibility index (Phi) is 5.13. The number of hydrogen-bond acceptors (Lipinski definition) is 1. The van der Waals surface area contributed by atoms with Crippen LogP contribution in [-0.2, 0) is 0 Å². The molecule has 0 bridgehead atoms. The summed E-state index contributed by atoms with van der Waals surface area (Å²) in [6, 6.07) is 10.3. The number of hydrogen-bond donors (Lipinski definition) is 1. The van der Waals surface area contributed by atoms with Gasteiger partial charge in [0.15, 0.2) is 0 Å². The summed E-state index contributed by atoms with van der Waals surface area (Å²) in [5, 5.41) is 1.35. The van der Waals surface area contributed by atoms with Crippen molar-refractivity contribution in [3.8, 4) is 0 Å². The molecule has 0 saturated carbocycles. The Bertz CT molecular complexity index is 167. The fourth-order valence-corrected chi connectivity index (χ4v) is 1.34. The lowest BCUT2D eigenvalue weighted by Crippen LogP contribution is -1.99. The molecule has 1 atom stereocenters. The maximum absolute atomic E-state index is 5.37. The summed E-state index contributed by atoms with van der Waals surface area (Å²) < 4.78 is 0. The van der Waals surface area contributed by atoms with Crippen molar-refractivity contribution in [2.75, 3.05) is 6.29 Å². The van der Waals surface area contributed by atoms with Crippen LogP contribution in [-0.4, -0.2) is 11.8 Å². The van der Waals surface area contributed by atoms with Gasteiger partial charge in [-0.3, -0.25) is 0 Å². The predicted molar refractivity (Wildman–Crippen MR) is 47.1 cm³/mol. The summed E-state index contributed by atoms with van der Waals surface area (Å²) in [5.74, 6) is 0. The molecule has 0 aliphatic carbocycles. The van der Waals surface area contributed by atoms with E-state index < -0.39 is 0 Å². The molecule has 56 valence electrons. The SMILES string of the molecule is NCPc1ccccc1.O. The Morgan fingerprint density at radius 2 is 1.80 bits per heavy atom. The van der Waals surface area contributed by atoms with Crippen molar-refractivity contribution >= 4 is 13.9 Å². The van der Waals surface area contributed by atoms with Crippen LogP contribution in [0.4, 0.5) is 0 Å². The molecule has 0 saturated heterocycles. The highest BCUT2D eigenvalue weighted by Gasteiger charge is 1.84. The Morgan fingerprint density at radius 3 is 2.30 bits per heavy atom. The van der Waals surface area contributed by atoms with E-state index in [-0.39, 0.29) is 5.48 Å². The van der Waals surface area contributed by atoms with Crippen molar-refractivity contribution in [3.63, 3.8) is 0 Å². The van der Waals surface area contributed by atoms with Crippen molar-refractivity contribution < 1.29 is 5.48 Å². The maximum atomic E-state index is 5.37. The third-order valence-corrected chi connectivity index (χ3v) is 2.03. The smallest absolute Gasteiger partial charge is 0.0141 e. The molecule has 0 spiro atoms. The summed E-state index contributed by atoms with van der Waals surface area (Å²) in [6.45, 7) is 0. The van der Waals surface area contributed by atoms with E-state index in [0.717, 1.165) is 14.9 Å². The molecule has 0 aliphatic heterocycles. The van der Waals surface area contributed by atoms with Gasteiger partial charge in [-0.25, -0.2) is 0 Å². The van der Waals surface area contributed by atoms with Gasteiger partial charge in [0.05, 0.1) is 0 Å². The van der Waals surface area contributed by atoms with Crippen LogP contribution in [0.1, 0.15) is 0 Å². The van der Waals surface area contributed by atoms with Crippen molar-refractivity contribution in [3.05, 3.63) is 30.3 Å². The van der Waals surface area contributed by atoms with Gasteiger partial charge in [-0.15, -0.1) is 0 Å². The van der Waals surface area contributed by atoms with Crippen LogP contribution in [0.25, 0.3) is 0 Å². The van der Waals surface area contributed by atoms with Gasteiger partial charge in [-0.2, -0.15) is 0 Å². The molecular formula is C7H12NOP. The zero-order valence-corrected chi connectivity index (χ0v) is 6.67. The van der Waals surface area contributed by atoms with Crippen LogP contribution in [0.2, 0.25) is 0 Å². The van der Waals surface area contributed by atoms with E-state index in [4.69, 9.17) is 5.73 Å². The first-order valence-electron chi connectivity index (χ1n) is 2.92. The first-order chi connectivity index (χ1) is 4.43. The molecule has 4 N–H and O–H groups in total. The number of nitrogens with two attached hydrogens (primary N) is 1. The monoisotopic (exact) mass is 157 g/mol. The predicted octanol–water partition coefficient (Wildman–Crippen LogP) is 0.0819. The molecule has 0 aromatic heterocycles. The quantitative estimate of drug-likeness (QED) is 0.607. The van der Waals surface area contributed by atoms with Crippen LogP contribution in [0.5, 0.6) is 0 Å². The fraction of sp³-hybridized carbons (Fsp3) is 0.143. The highest BCUT2D eigenvalue weighted by atomic mass is 31.1. The molecule has 0 fully saturated rings. The minimum absolute atomic E-state index is 0. The summed E-state index contributed by atoms with van der Waals surface area (Å²) >= 11 is 0. The first-order valence-corrected chi connectivity index (χ1v) is 4.13. The topological polar surface area (TPSA) is 57.5 Å². The molecule has 2 nitrogen and oxygen atoms in total. The molecule has 0 heterocycles. The summed E-state index contributed by atoms with van der Waals surface area (Å²) in [5.41, 5.74) is 5.37. The van der Waals surface area contributed by atoms with Gasteiger partial charge in [0.25, 0.3) is 0 Å². The molecule has 1 aromatic rings. The van der Waals surface area contributed by atoms with Gasteiger partial charge in [0, 0.05) is 6.29 Å². The van der Waals surface area contributed by atoms with E-state index in [2.05, 4.69) is 12.1 Å². The molecular weight excluding hydrogens is 145 g/mol. The normalized spacial score (nSPS) is 9.70. The van der Waals surface area contributed by atoms with E-state index >= 15 is 0 Å². The van der Waals surface area contributed by atoms with E-state index in [0.29, 0.717) is 0 Å². The van der Waals surface area contributed by atoms with Gasteiger partial charge in [0.1, 0.15) is 0 Å². The lowest BCUT2D eigenvalue weighted by atomic mass is 10.4. The van der Waals surface area contributed by atoms with Gasteiger partial charge in [-0.05, 0) is 5.30 Å². The van der Waals surface area contributed by atoms with Crippen LogP contribution in [0.15, 0.2) is 30.3 Å². The second-order valence-electron chi connectivity index (χ2n) is 1.75. The van der Waals surface area contributed by atoms with Crippen molar-refractivity contribution in [1.82, 2.24) is 0 Å². The van der Waals surface area contributed by atoms with Crippen LogP contribution in [0, 0.1) is 0 Å². The maximum Gasteiger partial charge on any atom is 0.0141 e. The van der Waals surface area contributed by atoms with Crippen LogP contribution in [0.3, 0.4) is 0 Å². The number of benzene rings is 1. The van der Waals surface area contributed by atoms with Crippen LogP contribution >= 0.6 is 8.58 Å². The molecule has 10 heavy (non-hydrogen) atoms. The van der Waals surface area contributed by atoms with Gasteiger partial charge in [0.2, 0.25) is 0 Å². The lowest BCUT2D eigenvalue weighted by Gasteiger charge is -1.94. The molecule has 1 rings (SSSR count). The second-order valence-corrected chi connectivity index (χ2v) is 3.09. The minimum Gasteiger partial charge on any atom is -0.412 e. The third kappa shape index (κ3) is 2.92. The fourth-order valence-electron chi connectivity index (χ4n) is 0.674. The van der Waals surface area contributed by atoms with Gasteiger partial charge < -0.3 is 11.2 Å². The Hall–Kier alpha value is -0.430. The second kappa shape index (κ2) is 5.36. The highest BCUT2D eigenvalue weighted by molar-refractivity contribution is 7.47. The van der Waals surface area contributed by atoms with E-state index in [9.17, 15) is 0 Å². The largest absolute Gasteiger partial charge is 0.412 e. The van der Waals surface area contributed by atoms with Crippen molar-refractivity contribution in [2.45, 2.75) is 0 Å². The summed E-state index contributed by atoms with van der Waals surface area (Å²) in [6.07, 6.45) is 0.768. The molecule has 1 aromatic carbocycles. The van der Waals surface area contributed by atoms with Gasteiger partial charge >= 0.3 is 0 Å². The van der Waals surface area contributed by atoms with Crippen LogP contribution < -0.4 is 11.0 Å². The number of rotatable bonds is 2. The molecule has 1 unspecified atom stereocenters. The zero-order valence-electron chi connectivity index (χ0n) is 5.67. The van der Waals surface area contributed by atoms with E-state index in [1.54, 1.807) is 0 Å². The van der Waals surface area contributed by atoms with Gasteiger partial charge in [-0.1, -0.05) is 38.9 Å².